The second-order valence-electron chi connectivity index (χ2n) is 4.31. The second-order valence-corrected chi connectivity index (χ2v) is 4.31. The average Bonchev–Trinajstić information content (AvgIpc) is 2.86. The molecule has 100 valence electrons. The zero-order valence-corrected chi connectivity index (χ0v) is 10.9. The first-order valence-electron chi connectivity index (χ1n) is 6.29. The Bertz CT molecular complexity index is 218. The summed E-state index contributed by atoms with van der Waals surface area (Å²) in [6, 6.07) is 0.00870. The number of amides is 1. The SMILES string of the molecule is COCCCN(CCOC)C(=O)[C@@H]1CCCN1. The van der Waals surface area contributed by atoms with Crippen LogP contribution in [0.5, 0.6) is 0 Å². The van der Waals surface area contributed by atoms with E-state index in [0.29, 0.717) is 19.8 Å². The van der Waals surface area contributed by atoms with Gasteiger partial charge in [-0.05, 0) is 25.8 Å². The molecular formula is C12H24N2O3. The molecule has 0 aromatic heterocycles. The van der Waals surface area contributed by atoms with Crippen molar-refractivity contribution in [2.45, 2.75) is 25.3 Å². The zero-order valence-electron chi connectivity index (χ0n) is 10.9. The lowest BCUT2D eigenvalue weighted by molar-refractivity contribution is -0.133. The Balaban J connectivity index is 2.39. The van der Waals surface area contributed by atoms with E-state index in [-0.39, 0.29) is 11.9 Å². The molecule has 5 nitrogen and oxygen atoms in total. The Morgan fingerprint density at radius 1 is 1.29 bits per heavy atom. The molecule has 1 saturated heterocycles. The molecule has 1 atom stereocenters. The highest BCUT2D eigenvalue weighted by molar-refractivity contribution is 5.82. The lowest BCUT2D eigenvalue weighted by atomic mass is 10.2. The number of ether oxygens (including phenoxy) is 2. The van der Waals surface area contributed by atoms with Crippen molar-refractivity contribution in [1.82, 2.24) is 10.2 Å². The number of carbonyl (C=O) groups excluding carboxylic acids is 1. The zero-order chi connectivity index (χ0) is 12.5. The molecule has 1 rings (SSSR count). The number of methoxy groups -OCH3 is 2. The summed E-state index contributed by atoms with van der Waals surface area (Å²) in [6.07, 6.45) is 2.91. The van der Waals surface area contributed by atoms with Crippen molar-refractivity contribution in [2.75, 3.05) is 47.1 Å². The Morgan fingerprint density at radius 3 is 2.65 bits per heavy atom. The third-order valence-electron chi connectivity index (χ3n) is 3.01. The van der Waals surface area contributed by atoms with Gasteiger partial charge in [-0.3, -0.25) is 4.79 Å². The van der Waals surface area contributed by atoms with Gasteiger partial charge in [0, 0.05) is 33.9 Å². The lowest BCUT2D eigenvalue weighted by Gasteiger charge is -2.25. The fraction of sp³-hybridized carbons (Fsp3) is 0.917. The van der Waals surface area contributed by atoms with Gasteiger partial charge in [-0.15, -0.1) is 0 Å². The average molecular weight is 244 g/mol. The van der Waals surface area contributed by atoms with Crippen molar-refractivity contribution in [3.05, 3.63) is 0 Å². The Morgan fingerprint density at radius 2 is 2.06 bits per heavy atom. The molecule has 1 fully saturated rings. The molecule has 1 heterocycles. The van der Waals surface area contributed by atoms with E-state index in [9.17, 15) is 4.79 Å². The van der Waals surface area contributed by atoms with Crippen LogP contribution in [0.3, 0.4) is 0 Å². The molecule has 1 amide bonds. The summed E-state index contributed by atoms with van der Waals surface area (Å²) in [6.45, 7) is 3.64. The lowest BCUT2D eigenvalue weighted by Crippen LogP contribution is -2.45. The van der Waals surface area contributed by atoms with Crippen molar-refractivity contribution < 1.29 is 14.3 Å². The molecule has 0 bridgehead atoms. The highest BCUT2D eigenvalue weighted by atomic mass is 16.5. The predicted molar refractivity (Wildman–Crippen MR) is 66.0 cm³/mol. The highest BCUT2D eigenvalue weighted by Gasteiger charge is 2.26. The fourth-order valence-electron chi connectivity index (χ4n) is 2.05. The minimum Gasteiger partial charge on any atom is -0.385 e. The third kappa shape index (κ3) is 5.02. The predicted octanol–water partition coefficient (Wildman–Crippen LogP) is 0.250. The number of rotatable bonds is 8. The van der Waals surface area contributed by atoms with Gasteiger partial charge in [-0.2, -0.15) is 0 Å². The molecule has 17 heavy (non-hydrogen) atoms. The normalized spacial score (nSPS) is 19.5. The molecule has 1 aliphatic rings. The minimum absolute atomic E-state index is 0.00870. The fourth-order valence-corrected chi connectivity index (χ4v) is 2.05. The quantitative estimate of drug-likeness (QED) is 0.622. The molecule has 0 spiro atoms. The summed E-state index contributed by atoms with van der Waals surface area (Å²) >= 11 is 0. The number of hydrogen-bond donors (Lipinski definition) is 1. The van der Waals surface area contributed by atoms with Crippen LogP contribution in [0.1, 0.15) is 19.3 Å². The molecule has 0 aromatic carbocycles. The number of nitrogens with one attached hydrogen (secondary N) is 1. The van der Waals surface area contributed by atoms with E-state index < -0.39 is 0 Å². The van der Waals surface area contributed by atoms with Crippen LogP contribution in [-0.2, 0) is 14.3 Å². The van der Waals surface area contributed by atoms with Crippen LogP contribution in [0.2, 0.25) is 0 Å². The van der Waals surface area contributed by atoms with Gasteiger partial charge in [0.1, 0.15) is 0 Å². The van der Waals surface area contributed by atoms with Gasteiger partial charge in [-0.25, -0.2) is 0 Å². The van der Waals surface area contributed by atoms with Crippen LogP contribution in [0.4, 0.5) is 0 Å². The first-order chi connectivity index (χ1) is 8.29. The molecule has 0 aliphatic carbocycles. The molecule has 0 radical (unpaired) electrons. The number of nitrogens with zero attached hydrogens (tertiary/aromatic N) is 1. The van der Waals surface area contributed by atoms with Gasteiger partial charge < -0.3 is 19.7 Å². The molecule has 5 heteroatoms. The van der Waals surface area contributed by atoms with Crippen LogP contribution in [0.25, 0.3) is 0 Å². The van der Waals surface area contributed by atoms with E-state index in [4.69, 9.17) is 9.47 Å². The van der Waals surface area contributed by atoms with Crippen LogP contribution >= 0.6 is 0 Å². The molecule has 1 aliphatic heterocycles. The van der Waals surface area contributed by atoms with Crippen LogP contribution in [-0.4, -0.2) is 63.9 Å². The van der Waals surface area contributed by atoms with E-state index in [1.807, 2.05) is 4.90 Å². The van der Waals surface area contributed by atoms with E-state index in [1.165, 1.54) is 0 Å². The van der Waals surface area contributed by atoms with E-state index in [0.717, 1.165) is 32.4 Å². The van der Waals surface area contributed by atoms with Gasteiger partial charge in [-0.1, -0.05) is 0 Å². The summed E-state index contributed by atoms with van der Waals surface area (Å²) in [5.41, 5.74) is 0. The van der Waals surface area contributed by atoms with Gasteiger partial charge in [0.2, 0.25) is 5.91 Å². The summed E-state index contributed by atoms with van der Waals surface area (Å²) in [5, 5.41) is 3.24. The van der Waals surface area contributed by atoms with Crippen molar-refractivity contribution >= 4 is 5.91 Å². The summed E-state index contributed by atoms with van der Waals surface area (Å²) in [4.78, 5) is 14.1. The summed E-state index contributed by atoms with van der Waals surface area (Å²) in [5.74, 6) is 0.204. The first kappa shape index (κ1) is 14.4. The molecule has 0 saturated carbocycles. The maximum absolute atomic E-state index is 12.2. The molecular weight excluding hydrogens is 220 g/mol. The van der Waals surface area contributed by atoms with E-state index >= 15 is 0 Å². The Kier molecular flexibility index (Phi) is 7.16. The van der Waals surface area contributed by atoms with Gasteiger partial charge in [0.05, 0.1) is 12.6 Å². The largest absolute Gasteiger partial charge is 0.385 e. The van der Waals surface area contributed by atoms with E-state index in [1.54, 1.807) is 14.2 Å². The topological polar surface area (TPSA) is 50.8 Å². The highest BCUT2D eigenvalue weighted by Crippen LogP contribution is 2.09. The third-order valence-corrected chi connectivity index (χ3v) is 3.01. The molecule has 0 unspecified atom stereocenters. The number of hydrogen-bond acceptors (Lipinski definition) is 4. The number of carbonyl (C=O) groups is 1. The standard InChI is InChI=1S/C12H24N2O3/c1-16-9-4-7-14(8-10-17-2)12(15)11-5-3-6-13-11/h11,13H,3-10H2,1-2H3/t11-/m0/s1. The monoisotopic (exact) mass is 244 g/mol. The first-order valence-corrected chi connectivity index (χ1v) is 6.29. The van der Waals surface area contributed by atoms with Crippen molar-refractivity contribution in [3.8, 4) is 0 Å². The van der Waals surface area contributed by atoms with Gasteiger partial charge >= 0.3 is 0 Å². The van der Waals surface area contributed by atoms with Crippen LogP contribution in [0.15, 0.2) is 0 Å². The summed E-state index contributed by atoms with van der Waals surface area (Å²) in [7, 11) is 3.34. The maximum atomic E-state index is 12.2. The van der Waals surface area contributed by atoms with Crippen LogP contribution in [0, 0.1) is 0 Å². The molecule has 1 N–H and O–H groups in total. The minimum atomic E-state index is 0.00870. The molecule has 0 aromatic rings. The van der Waals surface area contributed by atoms with Gasteiger partial charge in [0.15, 0.2) is 0 Å². The van der Waals surface area contributed by atoms with Crippen molar-refractivity contribution in [2.24, 2.45) is 0 Å². The Labute approximate surface area is 103 Å². The Hall–Kier alpha value is -0.650. The van der Waals surface area contributed by atoms with Gasteiger partial charge in [0.25, 0.3) is 0 Å². The van der Waals surface area contributed by atoms with Crippen molar-refractivity contribution in [3.63, 3.8) is 0 Å². The van der Waals surface area contributed by atoms with E-state index in [2.05, 4.69) is 5.32 Å². The van der Waals surface area contributed by atoms with Crippen molar-refractivity contribution in [1.29, 1.82) is 0 Å². The second kappa shape index (κ2) is 8.44. The van der Waals surface area contributed by atoms with Crippen LogP contribution < -0.4 is 5.32 Å². The smallest absolute Gasteiger partial charge is 0.239 e. The maximum Gasteiger partial charge on any atom is 0.239 e. The summed E-state index contributed by atoms with van der Waals surface area (Å²) < 4.78 is 10.1.